The van der Waals surface area contributed by atoms with Crippen molar-refractivity contribution in [3.05, 3.63) is 25.3 Å². The number of ether oxygens (including phenoxy) is 4. The van der Waals surface area contributed by atoms with Crippen LogP contribution < -0.4 is 0 Å². The lowest BCUT2D eigenvalue weighted by Crippen LogP contribution is -2.34. The monoisotopic (exact) mass is 592 g/mol. The van der Waals surface area contributed by atoms with Crippen LogP contribution in [0.3, 0.4) is 0 Å². The molecule has 0 aliphatic carbocycles. The van der Waals surface area contributed by atoms with E-state index in [1.165, 1.54) is 0 Å². The zero-order chi connectivity index (χ0) is 30.3. The second-order valence-corrected chi connectivity index (χ2v) is 7.84. The molecule has 0 bridgehead atoms. The molecule has 0 rings (SSSR count). The lowest BCUT2D eigenvalue weighted by Gasteiger charge is -2.11. The molecule has 0 saturated carbocycles. The first kappa shape index (κ1) is 38.4. The topological polar surface area (TPSA) is 285 Å². The highest BCUT2D eigenvalue weighted by molar-refractivity contribution is 7.87. The first-order chi connectivity index (χ1) is 17.5. The quantitative estimate of drug-likeness (QED) is 0.0615. The summed E-state index contributed by atoms with van der Waals surface area (Å²) in [6.07, 6.45) is 0.264. The molecule has 18 nitrogen and oxygen atoms in total. The fourth-order valence-corrected chi connectivity index (χ4v) is 2.21. The third-order valence-electron chi connectivity index (χ3n) is 3.02. The van der Waals surface area contributed by atoms with Gasteiger partial charge in [-0.25, -0.2) is 9.59 Å². The second-order valence-electron chi connectivity index (χ2n) is 5.83. The van der Waals surface area contributed by atoms with Crippen LogP contribution in [0.1, 0.15) is 19.3 Å². The summed E-state index contributed by atoms with van der Waals surface area (Å²) >= 11 is 0. The average Bonchev–Trinajstić information content (AvgIpc) is 2.80. The van der Waals surface area contributed by atoms with E-state index in [0.717, 1.165) is 12.2 Å². The van der Waals surface area contributed by atoms with Crippen LogP contribution in [0.2, 0.25) is 0 Å². The van der Waals surface area contributed by atoms with E-state index in [1.807, 2.05) is 0 Å². The van der Waals surface area contributed by atoms with E-state index in [9.17, 15) is 37.2 Å². The van der Waals surface area contributed by atoms with Gasteiger partial charge in [0.25, 0.3) is 10.1 Å². The zero-order valence-corrected chi connectivity index (χ0v) is 21.0. The molecule has 0 aliphatic heterocycles. The van der Waals surface area contributed by atoms with Crippen molar-refractivity contribution in [1.82, 2.24) is 0 Å². The molecular weight excluding hydrogens is 568 g/mol. The van der Waals surface area contributed by atoms with Gasteiger partial charge in [-0.2, -0.15) is 8.42 Å². The first-order valence-corrected chi connectivity index (χ1v) is 12.0. The van der Waals surface area contributed by atoms with Crippen molar-refractivity contribution < 1.29 is 83.5 Å². The van der Waals surface area contributed by atoms with Crippen molar-refractivity contribution in [3.63, 3.8) is 0 Å². The summed E-state index contributed by atoms with van der Waals surface area (Å²) in [6.45, 7) is 5.29. The van der Waals surface area contributed by atoms with Crippen molar-refractivity contribution in [3.8, 4) is 0 Å². The minimum absolute atomic E-state index is 0.0658. The van der Waals surface area contributed by atoms with Gasteiger partial charge in [0, 0.05) is 12.2 Å². The van der Waals surface area contributed by atoms with Gasteiger partial charge >= 0.3 is 46.4 Å². The molecule has 0 radical (unpaired) electrons. The van der Waals surface area contributed by atoms with E-state index in [1.54, 1.807) is 0 Å². The summed E-state index contributed by atoms with van der Waals surface area (Å²) in [5.74, 6) is -6.11. The number of hydrogen-bond acceptors (Lipinski definition) is 15. The summed E-state index contributed by atoms with van der Waals surface area (Å²) in [6, 6.07) is 0. The standard InChI is InChI=1S/C9H12O9S.C9H12O6.O3S/c1-2-8(12)17-3-4-18-9(13)6(5-7(10)11)19(14,15)16;1-2-8(12)14-5-6-15-9(13)4-3-7(10)11;1-4(2)3/h2,6H,1,3-5H2,(H,10,11)(H,14,15,16);2H,1,3-6H2,(H,10,11);. The smallest absolute Gasteiger partial charge is 0.425 e. The molecule has 216 valence electrons. The number of esters is 4. The van der Waals surface area contributed by atoms with Crippen LogP contribution in [-0.2, 0) is 68.4 Å². The minimum atomic E-state index is -4.90. The van der Waals surface area contributed by atoms with E-state index < -0.39 is 74.8 Å². The summed E-state index contributed by atoms with van der Waals surface area (Å²) in [7, 11) is -8.01. The molecule has 1 atom stereocenters. The molecule has 0 aromatic carbocycles. The van der Waals surface area contributed by atoms with Crippen molar-refractivity contribution in [2.75, 3.05) is 26.4 Å². The number of carboxylic acids is 2. The van der Waals surface area contributed by atoms with Gasteiger partial charge in [-0.1, -0.05) is 13.2 Å². The molecule has 0 aromatic rings. The summed E-state index contributed by atoms with van der Waals surface area (Å²) < 4.78 is 73.5. The van der Waals surface area contributed by atoms with Crippen LogP contribution in [0, 0.1) is 0 Å². The molecule has 38 heavy (non-hydrogen) atoms. The van der Waals surface area contributed by atoms with Crippen LogP contribution in [0.25, 0.3) is 0 Å². The Kier molecular flexibility index (Phi) is 22.3. The maximum absolute atomic E-state index is 11.3. The largest absolute Gasteiger partial charge is 0.481 e. The van der Waals surface area contributed by atoms with Gasteiger partial charge in [0.15, 0.2) is 5.25 Å². The van der Waals surface area contributed by atoms with Gasteiger partial charge in [-0.15, -0.1) is 12.6 Å². The van der Waals surface area contributed by atoms with E-state index in [0.29, 0.717) is 0 Å². The van der Waals surface area contributed by atoms with E-state index in [2.05, 4.69) is 32.1 Å². The predicted molar refractivity (Wildman–Crippen MR) is 118 cm³/mol. The average molecular weight is 593 g/mol. The Morgan fingerprint density at radius 2 is 1.13 bits per heavy atom. The Labute approximate surface area is 216 Å². The molecule has 0 spiro atoms. The molecular formula is C18H24O18S2. The Morgan fingerprint density at radius 1 is 0.737 bits per heavy atom. The molecule has 1 unspecified atom stereocenters. The van der Waals surface area contributed by atoms with E-state index >= 15 is 0 Å². The van der Waals surface area contributed by atoms with Crippen LogP contribution in [0.5, 0.6) is 0 Å². The van der Waals surface area contributed by atoms with Gasteiger partial charge in [0.1, 0.15) is 26.4 Å². The predicted octanol–water partition coefficient (Wildman–Crippen LogP) is -1.89. The Hall–Kier alpha value is -4.17. The SMILES string of the molecule is C=CC(=O)OCCOC(=O)C(CC(=O)O)S(=O)(=O)O.C=CC(=O)OCCOC(=O)CCC(=O)O.O=S(=O)=O. The number of carboxylic acid groups (broad SMARTS) is 2. The Balaban J connectivity index is -0.000000576. The minimum Gasteiger partial charge on any atom is -0.481 e. The van der Waals surface area contributed by atoms with Crippen molar-refractivity contribution in [1.29, 1.82) is 0 Å². The normalized spacial score (nSPS) is 10.3. The second kappa shape index (κ2) is 22.1. The molecule has 0 heterocycles. The van der Waals surface area contributed by atoms with Crippen LogP contribution in [0.15, 0.2) is 25.3 Å². The van der Waals surface area contributed by atoms with Crippen LogP contribution in [-0.4, -0.2) is 103 Å². The van der Waals surface area contributed by atoms with Crippen LogP contribution >= 0.6 is 0 Å². The van der Waals surface area contributed by atoms with Gasteiger partial charge in [0.2, 0.25) is 0 Å². The van der Waals surface area contributed by atoms with Gasteiger partial charge in [-0.05, 0) is 0 Å². The fraction of sp³-hybridized carbons (Fsp3) is 0.444. The van der Waals surface area contributed by atoms with E-state index in [-0.39, 0.29) is 32.7 Å². The molecule has 0 saturated heterocycles. The Morgan fingerprint density at radius 3 is 1.47 bits per heavy atom. The molecule has 20 heteroatoms. The summed E-state index contributed by atoms with van der Waals surface area (Å²) in [5, 5.41) is 14.4. The highest BCUT2D eigenvalue weighted by Gasteiger charge is 2.34. The number of rotatable bonds is 15. The van der Waals surface area contributed by atoms with Crippen molar-refractivity contribution >= 4 is 56.5 Å². The molecule has 3 N–H and O–H groups in total. The van der Waals surface area contributed by atoms with Crippen molar-refractivity contribution in [2.45, 2.75) is 24.5 Å². The summed E-state index contributed by atoms with van der Waals surface area (Å²) in [5.41, 5.74) is 0. The maximum Gasteiger partial charge on any atom is 0.425 e. The molecule has 0 aliphatic rings. The third-order valence-corrected chi connectivity index (χ3v) is 4.10. The number of carbonyl (C=O) groups excluding carboxylic acids is 4. The van der Waals surface area contributed by atoms with Gasteiger partial charge in [-0.3, -0.25) is 23.7 Å². The third kappa shape index (κ3) is 28.1. The van der Waals surface area contributed by atoms with E-state index in [4.69, 9.17) is 27.4 Å². The summed E-state index contributed by atoms with van der Waals surface area (Å²) in [4.78, 5) is 63.6. The molecule has 0 fully saturated rings. The molecule has 0 aromatic heterocycles. The number of carbonyl (C=O) groups is 6. The zero-order valence-electron chi connectivity index (χ0n) is 19.4. The lowest BCUT2D eigenvalue weighted by atomic mass is 10.3. The number of aliphatic carboxylic acids is 2. The van der Waals surface area contributed by atoms with Gasteiger partial charge < -0.3 is 29.2 Å². The van der Waals surface area contributed by atoms with Crippen molar-refractivity contribution in [2.24, 2.45) is 0 Å². The first-order valence-electron chi connectivity index (χ1n) is 9.55. The Bertz CT molecular complexity index is 1050. The number of hydrogen-bond donors (Lipinski definition) is 3. The molecule has 0 amide bonds. The lowest BCUT2D eigenvalue weighted by molar-refractivity contribution is -0.151. The highest BCUT2D eigenvalue weighted by atomic mass is 32.2. The maximum atomic E-state index is 11.3. The highest BCUT2D eigenvalue weighted by Crippen LogP contribution is 2.07. The van der Waals surface area contributed by atoms with Crippen LogP contribution in [0.4, 0.5) is 0 Å². The van der Waals surface area contributed by atoms with Gasteiger partial charge in [0.05, 0.1) is 19.3 Å². The fourth-order valence-electron chi connectivity index (χ4n) is 1.54.